The number of carbonyl (C=O) groups excluding carboxylic acids is 1. The van der Waals surface area contributed by atoms with Crippen molar-refractivity contribution in [2.75, 3.05) is 33.2 Å². The highest BCUT2D eigenvalue weighted by molar-refractivity contribution is 7.16. The number of hydrogen-bond acceptors (Lipinski definition) is 7. The second-order valence-electron chi connectivity index (χ2n) is 11.6. The summed E-state index contributed by atoms with van der Waals surface area (Å²) in [5.41, 5.74) is 1.65. The zero-order valence-corrected chi connectivity index (χ0v) is 28.3. The monoisotopic (exact) mass is 694 g/mol. The summed E-state index contributed by atoms with van der Waals surface area (Å²) in [6.45, 7) is 6.96. The van der Waals surface area contributed by atoms with Gasteiger partial charge in [0.05, 0.1) is 21.3 Å². The fourth-order valence-electron chi connectivity index (χ4n) is 5.53. The van der Waals surface area contributed by atoms with E-state index in [1.807, 2.05) is 67.3 Å². The Morgan fingerprint density at radius 2 is 1.61 bits per heavy atom. The number of likely N-dealkylation sites (N-methyl/N-ethyl adjacent to an activating group) is 1. The predicted octanol–water partition coefficient (Wildman–Crippen LogP) is 6.39. The van der Waals surface area contributed by atoms with Gasteiger partial charge >= 0.3 is 5.69 Å². The van der Waals surface area contributed by atoms with Gasteiger partial charge in [0, 0.05) is 58.3 Å². The smallest absolute Gasteiger partial charge is 0.336 e. The van der Waals surface area contributed by atoms with Gasteiger partial charge in [-0.15, -0.1) is 11.3 Å². The first kappa shape index (κ1) is 32.2. The highest BCUT2D eigenvalue weighted by Gasteiger charge is 2.34. The highest BCUT2D eigenvalue weighted by atomic mass is 35.5. The molecule has 0 spiro atoms. The molecule has 0 atom stereocenters. The van der Waals surface area contributed by atoms with E-state index < -0.39 is 16.7 Å². The largest absolute Gasteiger partial charge is 0.349 e. The molecule has 236 valence electrons. The minimum Gasteiger partial charge on any atom is -0.336 e. The summed E-state index contributed by atoms with van der Waals surface area (Å²) in [4.78, 5) is 49.7. The molecule has 3 aromatic carbocycles. The van der Waals surface area contributed by atoms with Crippen LogP contribution in [0.5, 0.6) is 0 Å². The molecule has 46 heavy (non-hydrogen) atoms. The van der Waals surface area contributed by atoms with E-state index in [2.05, 4.69) is 22.0 Å². The van der Waals surface area contributed by atoms with E-state index >= 15 is 0 Å². The predicted molar refractivity (Wildman–Crippen MR) is 184 cm³/mol. The number of aromatic nitrogens is 4. The number of nitrogens with zero attached hydrogens (tertiary/aromatic N) is 5. The molecule has 1 saturated heterocycles. The maximum atomic E-state index is 13.5. The van der Waals surface area contributed by atoms with Crippen molar-refractivity contribution in [3.63, 3.8) is 0 Å². The highest BCUT2D eigenvalue weighted by Crippen LogP contribution is 2.47. The third-order valence-corrected chi connectivity index (χ3v) is 10.4. The van der Waals surface area contributed by atoms with E-state index in [1.165, 1.54) is 11.3 Å². The van der Waals surface area contributed by atoms with Gasteiger partial charge in [-0.05, 0) is 56.8 Å². The van der Waals surface area contributed by atoms with Gasteiger partial charge in [0.2, 0.25) is 0 Å². The molecule has 1 N–H and O–H groups in total. The van der Waals surface area contributed by atoms with E-state index in [1.54, 1.807) is 12.1 Å². The van der Waals surface area contributed by atoms with Crippen LogP contribution in [-0.4, -0.2) is 68.7 Å². The third kappa shape index (κ3) is 6.15. The zero-order chi connectivity index (χ0) is 32.7. The molecule has 6 rings (SSSR count). The summed E-state index contributed by atoms with van der Waals surface area (Å²) in [5.74, 6) is -0.00551. The number of hydrogen-bond donors (Lipinski definition) is 1. The van der Waals surface area contributed by atoms with Crippen LogP contribution in [0.2, 0.25) is 15.1 Å². The van der Waals surface area contributed by atoms with Gasteiger partial charge in [-0.3, -0.25) is 14.6 Å². The summed E-state index contributed by atoms with van der Waals surface area (Å²) >= 11 is 21.9. The van der Waals surface area contributed by atoms with Crippen LogP contribution in [0.1, 0.15) is 34.8 Å². The Morgan fingerprint density at radius 3 is 2.28 bits per heavy atom. The SMILES string of the molecule is CN1CCN(C(=O)c2cccc(-c3sc(C(C)(C)c4c(Cl)cc(-n5ncc(=O)[nH]c5=O)cc4Cl)nc3-c3ccccc3Cl)c2)CC1. The topological polar surface area (TPSA) is 104 Å². The normalized spacial score (nSPS) is 14.1. The lowest BCUT2D eigenvalue weighted by atomic mass is 9.85. The number of halogens is 3. The Kier molecular flexibility index (Phi) is 8.93. The van der Waals surface area contributed by atoms with E-state index in [-0.39, 0.29) is 5.91 Å². The molecule has 5 aromatic rings. The molecular weight excluding hydrogens is 667 g/mol. The van der Waals surface area contributed by atoms with Crippen LogP contribution in [0, 0.1) is 0 Å². The van der Waals surface area contributed by atoms with Crippen LogP contribution in [0.15, 0.2) is 76.4 Å². The molecule has 0 radical (unpaired) electrons. The van der Waals surface area contributed by atoms with Crippen LogP contribution in [0.4, 0.5) is 0 Å². The summed E-state index contributed by atoms with van der Waals surface area (Å²) in [5, 5.41) is 5.76. The maximum Gasteiger partial charge on any atom is 0.349 e. The lowest BCUT2D eigenvalue weighted by molar-refractivity contribution is 0.0664. The molecule has 0 bridgehead atoms. The van der Waals surface area contributed by atoms with Gasteiger partial charge in [0.25, 0.3) is 11.5 Å². The zero-order valence-electron chi connectivity index (χ0n) is 25.2. The lowest BCUT2D eigenvalue weighted by Gasteiger charge is -2.32. The Morgan fingerprint density at radius 1 is 0.913 bits per heavy atom. The summed E-state index contributed by atoms with van der Waals surface area (Å²) in [6.07, 6.45) is 1.00. The molecule has 0 unspecified atom stereocenters. The molecular formula is C33H29Cl3N6O3S. The Bertz CT molecular complexity index is 2060. The number of amides is 1. The van der Waals surface area contributed by atoms with Gasteiger partial charge < -0.3 is 9.80 Å². The van der Waals surface area contributed by atoms with Gasteiger partial charge in [0.1, 0.15) is 11.2 Å². The van der Waals surface area contributed by atoms with Crippen LogP contribution in [0.25, 0.3) is 27.4 Å². The average molecular weight is 696 g/mol. The first-order chi connectivity index (χ1) is 21.9. The fraction of sp³-hybridized carbons (Fsp3) is 0.242. The maximum absolute atomic E-state index is 13.5. The van der Waals surface area contributed by atoms with Crippen molar-refractivity contribution in [2.24, 2.45) is 0 Å². The number of thiazole rings is 1. The van der Waals surface area contributed by atoms with Crippen molar-refractivity contribution in [1.29, 1.82) is 0 Å². The van der Waals surface area contributed by atoms with Crippen LogP contribution in [0.3, 0.4) is 0 Å². The second-order valence-corrected chi connectivity index (χ2v) is 13.8. The molecule has 1 aliphatic rings. The van der Waals surface area contributed by atoms with Gasteiger partial charge in [-0.2, -0.15) is 9.78 Å². The Labute approximate surface area is 284 Å². The molecule has 9 nitrogen and oxygen atoms in total. The number of benzene rings is 3. The van der Waals surface area contributed by atoms with Crippen molar-refractivity contribution in [3.8, 4) is 27.4 Å². The fourth-order valence-corrected chi connectivity index (χ4v) is 7.89. The van der Waals surface area contributed by atoms with Crippen molar-refractivity contribution >= 4 is 52.0 Å². The number of piperazine rings is 1. The first-order valence-electron chi connectivity index (χ1n) is 14.5. The number of H-pyrrole nitrogens is 1. The van der Waals surface area contributed by atoms with Crippen LogP contribution >= 0.6 is 46.1 Å². The van der Waals surface area contributed by atoms with E-state index in [4.69, 9.17) is 39.8 Å². The average Bonchev–Trinajstić information content (AvgIpc) is 3.47. The molecule has 0 aliphatic carbocycles. The van der Waals surface area contributed by atoms with E-state index in [0.29, 0.717) is 55.7 Å². The molecule has 1 fully saturated rings. The number of carbonyl (C=O) groups is 1. The van der Waals surface area contributed by atoms with Crippen molar-refractivity contribution in [3.05, 3.63) is 119 Å². The molecule has 3 heterocycles. The summed E-state index contributed by atoms with van der Waals surface area (Å²) < 4.78 is 1.02. The Hall–Kier alpha value is -3.80. The first-order valence-corrected chi connectivity index (χ1v) is 16.4. The molecule has 0 saturated carbocycles. The molecule has 2 aromatic heterocycles. The minimum atomic E-state index is -0.803. The number of aromatic amines is 1. The number of nitrogens with one attached hydrogen (secondary N) is 1. The van der Waals surface area contributed by atoms with E-state index in [9.17, 15) is 14.4 Å². The van der Waals surface area contributed by atoms with E-state index in [0.717, 1.165) is 40.0 Å². The van der Waals surface area contributed by atoms with Crippen molar-refractivity contribution in [1.82, 2.24) is 29.5 Å². The quantitative estimate of drug-likeness (QED) is 0.221. The van der Waals surface area contributed by atoms with Crippen molar-refractivity contribution in [2.45, 2.75) is 19.3 Å². The summed E-state index contributed by atoms with van der Waals surface area (Å²) in [6, 6.07) is 18.3. The number of rotatable bonds is 6. The van der Waals surface area contributed by atoms with Gasteiger partial charge in [0.15, 0.2) is 0 Å². The Balaban J connectivity index is 1.45. The standard InChI is InChI=1S/C33H29Cl3N6O3S/c1-33(2,27-24(35)16-21(17-25(27)36)42-32(45)38-26(43)18-37-42)31-39-28(22-9-4-5-10-23(22)34)29(46-31)19-7-6-8-20(15-19)30(44)41-13-11-40(3)12-14-41/h4-10,15-18H,11-14H2,1-3H3,(H,38,43,45). The summed E-state index contributed by atoms with van der Waals surface area (Å²) in [7, 11) is 2.06. The van der Waals surface area contributed by atoms with Crippen LogP contribution < -0.4 is 11.2 Å². The second kappa shape index (κ2) is 12.8. The van der Waals surface area contributed by atoms with Crippen LogP contribution in [-0.2, 0) is 5.41 Å². The third-order valence-electron chi connectivity index (χ3n) is 8.06. The minimum absolute atomic E-state index is 0.00551. The molecule has 1 amide bonds. The molecule has 1 aliphatic heterocycles. The lowest BCUT2D eigenvalue weighted by Crippen LogP contribution is -2.47. The van der Waals surface area contributed by atoms with Gasteiger partial charge in [-0.25, -0.2) is 9.78 Å². The van der Waals surface area contributed by atoms with Gasteiger partial charge in [-0.1, -0.05) is 65.1 Å². The molecule has 13 heteroatoms. The van der Waals surface area contributed by atoms with Crippen molar-refractivity contribution < 1.29 is 4.79 Å².